The van der Waals surface area contributed by atoms with Gasteiger partial charge in [-0.1, -0.05) is 47.5 Å². The van der Waals surface area contributed by atoms with Gasteiger partial charge in [-0.2, -0.15) is 0 Å². The molecule has 0 aromatic heterocycles. The van der Waals surface area contributed by atoms with Crippen LogP contribution in [0.25, 0.3) is 0 Å². The van der Waals surface area contributed by atoms with Crippen molar-refractivity contribution in [2.75, 3.05) is 0 Å². The number of halogens is 2. The maximum Gasteiger partial charge on any atom is 0.185 e. The highest BCUT2D eigenvalue weighted by Gasteiger charge is 2.64. The fourth-order valence-corrected chi connectivity index (χ4v) is 4.17. The molecule has 24 heavy (non-hydrogen) atoms. The van der Waals surface area contributed by atoms with Crippen LogP contribution >= 0.6 is 47.6 Å². The molecule has 2 aliphatic rings. The molecule has 0 spiro atoms. The molecule has 2 aliphatic heterocycles. The van der Waals surface area contributed by atoms with Gasteiger partial charge in [0.1, 0.15) is 0 Å². The van der Waals surface area contributed by atoms with E-state index in [4.69, 9.17) is 47.6 Å². The minimum atomic E-state index is -0.778. The monoisotopic (exact) mass is 394 g/mol. The number of benzene rings is 2. The van der Waals surface area contributed by atoms with Gasteiger partial charge in [-0.25, -0.2) is 0 Å². The van der Waals surface area contributed by atoms with E-state index in [2.05, 4.69) is 21.3 Å². The predicted molar refractivity (Wildman–Crippen MR) is 104 cm³/mol. The van der Waals surface area contributed by atoms with E-state index in [1.54, 1.807) is 0 Å². The van der Waals surface area contributed by atoms with Crippen LogP contribution in [0.3, 0.4) is 0 Å². The van der Waals surface area contributed by atoms with Gasteiger partial charge in [0.2, 0.25) is 0 Å². The van der Waals surface area contributed by atoms with Crippen LogP contribution in [0.2, 0.25) is 10.0 Å². The van der Waals surface area contributed by atoms with Crippen molar-refractivity contribution >= 4 is 57.9 Å². The van der Waals surface area contributed by atoms with E-state index in [1.807, 2.05) is 48.5 Å². The number of hydrogen-bond donors (Lipinski definition) is 4. The van der Waals surface area contributed by atoms with Crippen LogP contribution < -0.4 is 21.3 Å². The van der Waals surface area contributed by atoms with E-state index < -0.39 is 11.3 Å². The molecule has 122 valence electrons. The van der Waals surface area contributed by atoms with Crippen LogP contribution in [0.5, 0.6) is 0 Å². The molecule has 0 radical (unpaired) electrons. The molecule has 2 saturated heterocycles. The van der Waals surface area contributed by atoms with E-state index in [9.17, 15) is 0 Å². The molecule has 2 aromatic rings. The highest BCUT2D eigenvalue weighted by Crippen LogP contribution is 2.43. The van der Waals surface area contributed by atoms with Crippen molar-refractivity contribution in [1.29, 1.82) is 0 Å². The Kier molecular flexibility index (Phi) is 3.61. The zero-order chi connectivity index (χ0) is 16.9. The van der Waals surface area contributed by atoms with E-state index >= 15 is 0 Å². The Balaban J connectivity index is 1.94. The molecule has 8 heteroatoms. The number of nitrogens with one attached hydrogen (secondary N) is 4. The standard InChI is InChI=1S/C16H12Cl2N4S2/c17-11-5-1-9(2-6-11)15-16(21-13(23)19-15,22-14(24)20-15)10-3-7-12(18)8-4-10/h1-8H,(H2,19,21,23)(H2,20,22,24). The smallest absolute Gasteiger partial charge is 0.185 e. The van der Waals surface area contributed by atoms with Crippen molar-refractivity contribution < 1.29 is 0 Å². The maximum atomic E-state index is 6.05. The van der Waals surface area contributed by atoms with Gasteiger partial charge in [-0.3, -0.25) is 0 Å². The Labute approximate surface area is 159 Å². The van der Waals surface area contributed by atoms with Crippen molar-refractivity contribution in [3.63, 3.8) is 0 Å². The van der Waals surface area contributed by atoms with E-state index in [0.29, 0.717) is 20.3 Å². The largest absolute Gasteiger partial charge is 0.332 e. The lowest BCUT2D eigenvalue weighted by molar-refractivity contribution is 0.208. The summed E-state index contributed by atoms with van der Waals surface area (Å²) in [6, 6.07) is 15.1. The van der Waals surface area contributed by atoms with Gasteiger partial charge in [0.25, 0.3) is 0 Å². The van der Waals surface area contributed by atoms with Crippen LogP contribution in [-0.4, -0.2) is 10.2 Å². The summed E-state index contributed by atoms with van der Waals surface area (Å²) in [5.41, 5.74) is 0.335. The molecule has 0 unspecified atom stereocenters. The van der Waals surface area contributed by atoms with Gasteiger partial charge in [-0.15, -0.1) is 0 Å². The fourth-order valence-electron chi connectivity index (χ4n) is 3.30. The predicted octanol–water partition coefficient (Wildman–Crippen LogP) is 2.95. The quantitative estimate of drug-likeness (QED) is 0.587. The number of hydrogen-bond acceptors (Lipinski definition) is 2. The molecule has 4 rings (SSSR count). The maximum absolute atomic E-state index is 6.05. The first-order valence-electron chi connectivity index (χ1n) is 7.18. The van der Waals surface area contributed by atoms with Crippen molar-refractivity contribution in [2.24, 2.45) is 0 Å². The Morgan fingerprint density at radius 3 is 1.17 bits per heavy atom. The topological polar surface area (TPSA) is 48.1 Å². The van der Waals surface area contributed by atoms with Crippen LogP contribution in [-0.2, 0) is 11.3 Å². The minimum Gasteiger partial charge on any atom is -0.332 e. The molecule has 4 N–H and O–H groups in total. The molecule has 0 amide bonds. The summed E-state index contributed by atoms with van der Waals surface area (Å²) >= 11 is 22.9. The summed E-state index contributed by atoms with van der Waals surface area (Å²) in [6.07, 6.45) is 0. The molecule has 2 fully saturated rings. The molecule has 4 nitrogen and oxygen atoms in total. The SMILES string of the molecule is S=C1NC2(c3ccc(Cl)cc3)NC(=S)NC2(c2ccc(Cl)cc2)N1. The van der Waals surface area contributed by atoms with Crippen LogP contribution in [0.15, 0.2) is 48.5 Å². The summed E-state index contributed by atoms with van der Waals surface area (Å²) in [5, 5.41) is 15.7. The number of thiocarbonyl (C=S) groups is 2. The van der Waals surface area contributed by atoms with Crippen molar-refractivity contribution in [3.8, 4) is 0 Å². The summed E-state index contributed by atoms with van der Waals surface area (Å²) < 4.78 is 0. The summed E-state index contributed by atoms with van der Waals surface area (Å²) in [4.78, 5) is 0. The molecule has 0 saturated carbocycles. The molecular weight excluding hydrogens is 383 g/mol. The lowest BCUT2D eigenvalue weighted by Crippen LogP contribution is -2.60. The van der Waals surface area contributed by atoms with Gasteiger partial charge in [0, 0.05) is 21.2 Å². The van der Waals surface area contributed by atoms with Gasteiger partial charge in [-0.05, 0) is 48.7 Å². The third kappa shape index (κ3) is 2.18. The van der Waals surface area contributed by atoms with Crippen LogP contribution in [0.4, 0.5) is 0 Å². The molecule has 0 aliphatic carbocycles. The average molecular weight is 395 g/mol. The first-order chi connectivity index (χ1) is 11.4. The van der Waals surface area contributed by atoms with Gasteiger partial charge < -0.3 is 21.3 Å². The second-order valence-electron chi connectivity index (χ2n) is 5.67. The van der Waals surface area contributed by atoms with E-state index in [-0.39, 0.29) is 0 Å². The average Bonchev–Trinajstić information content (AvgIpc) is 2.96. The molecule has 0 atom stereocenters. The van der Waals surface area contributed by atoms with Gasteiger partial charge in [0.05, 0.1) is 0 Å². The number of fused-ring (bicyclic) bond motifs is 1. The Bertz CT molecular complexity index is 749. The second kappa shape index (κ2) is 5.46. The third-order valence-corrected chi connectivity index (χ3v) is 5.23. The van der Waals surface area contributed by atoms with E-state index in [1.165, 1.54) is 0 Å². The van der Waals surface area contributed by atoms with Crippen molar-refractivity contribution in [3.05, 3.63) is 69.7 Å². The fraction of sp³-hybridized carbons (Fsp3) is 0.125. The molecular formula is C16H12Cl2N4S2. The van der Waals surface area contributed by atoms with E-state index in [0.717, 1.165) is 11.1 Å². The third-order valence-electron chi connectivity index (χ3n) is 4.32. The van der Waals surface area contributed by atoms with Crippen LogP contribution in [0.1, 0.15) is 11.1 Å². The lowest BCUT2D eigenvalue weighted by Gasteiger charge is -2.38. The van der Waals surface area contributed by atoms with Gasteiger partial charge >= 0.3 is 0 Å². The van der Waals surface area contributed by atoms with Crippen LogP contribution in [0, 0.1) is 0 Å². The lowest BCUT2D eigenvalue weighted by atomic mass is 9.83. The summed E-state index contributed by atoms with van der Waals surface area (Å²) in [7, 11) is 0. The Morgan fingerprint density at radius 1 is 0.583 bits per heavy atom. The number of rotatable bonds is 2. The zero-order valence-corrected chi connectivity index (χ0v) is 15.3. The Morgan fingerprint density at radius 2 is 0.875 bits per heavy atom. The highest BCUT2D eigenvalue weighted by molar-refractivity contribution is 7.80. The minimum absolute atomic E-state index is 0.516. The highest BCUT2D eigenvalue weighted by atomic mass is 35.5. The summed E-state index contributed by atoms with van der Waals surface area (Å²) in [5.74, 6) is 0. The first-order valence-corrected chi connectivity index (χ1v) is 8.75. The van der Waals surface area contributed by atoms with Gasteiger partial charge in [0.15, 0.2) is 21.6 Å². The van der Waals surface area contributed by atoms with Crippen molar-refractivity contribution in [2.45, 2.75) is 11.3 Å². The Hall–Kier alpha value is -1.60. The second-order valence-corrected chi connectivity index (χ2v) is 7.36. The molecule has 0 bridgehead atoms. The first kappa shape index (κ1) is 15.9. The van der Waals surface area contributed by atoms with Crippen molar-refractivity contribution in [1.82, 2.24) is 21.3 Å². The normalized spacial score (nSPS) is 27.8. The molecule has 2 aromatic carbocycles. The molecule has 2 heterocycles. The summed E-state index contributed by atoms with van der Waals surface area (Å²) in [6.45, 7) is 0. The zero-order valence-electron chi connectivity index (χ0n) is 12.2.